The first kappa shape index (κ1) is 11.9. The van der Waals surface area contributed by atoms with E-state index in [1.165, 1.54) is 19.4 Å². The number of carbonyl (C=O) groups is 1. The molecule has 92 valence electrons. The Bertz CT molecular complexity index is 552. The van der Waals surface area contributed by atoms with Crippen LogP contribution in [0.15, 0.2) is 42.6 Å². The second kappa shape index (κ2) is 5.18. The number of methoxy groups -OCH3 is 1. The van der Waals surface area contributed by atoms with Crippen LogP contribution in [0.5, 0.6) is 11.6 Å². The fourth-order valence-corrected chi connectivity index (χ4v) is 1.44. The van der Waals surface area contributed by atoms with Gasteiger partial charge in [0.05, 0.1) is 24.6 Å². The van der Waals surface area contributed by atoms with Crippen LogP contribution >= 0.6 is 0 Å². The molecule has 0 aliphatic rings. The van der Waals surface area contributed by atoms with E-state index in [4.69, 9.17) is 4.74 Å². The number of hydrogen-bond acceptors (Lipinski definition) is 4. The van der Waals surface area contributed by atoms with Crippen LogP contribution in [-0.4, -0.2) is 23.1 Å². The Labute approximate surface area is 104 Å². The highest BCUT2D eigenvalue weighted by Crippen LogP contribution is 2.18. The average Bonchev–Trinajstić information content (AvgIpc) is 2.40. The van der Waals surface area contributed by atoms with E-state index >= 15 is 0 Å². The van der Waals surface area contributed by atoms with Gasteiger partial charge in [-0.1, -0.05) is 12.1 Å². The minimum atomic E-state index is -0.389. The number of aromatic hydroxyl groups is 1. The number of nitrogens with zero attached hydrogens (tertiary/aromatic N) is 1. The number of rotatable bonds is 3. The van der Waals surface area contributed by atoms with Crippen LogP contribution in [0.3, 0.4) is 0 Å². The molecule has 0 radical (unpaired) electrons. The van der Waals surface area contributed by atoms with Crippen molar-refractivity contribution < 1.29 is 14.6 Å². The van der Waals surface area contributed by atoms with Crippen LogP contribution in [0.25, 0.3) is 0 Å². The number of para-hydroxylation sites is 1. The van der Waals surface area contributed by atoms with E-state index in [1.54, 1.807) is 30.3 Å². The van der Waals surface area contributed by atoms with Gasteiger partial charge in [0, 0.05) is 6.07 Å². The van der Waals surface area contributed by atoms with Gasteiger partial charge in [-0.25, -0.2) is 4.98 Å². The van der Waals surface area contributed by atoms with Crippen molar-refractivity contribution >= 4 is 11.6 Å². The number of phenols is 1. The van der Waals surface area contributed by atoms with Crippen LogP contribution in [0.4, 0.5) is 5.69 Å². The lowest BCUT2D eigenvalue weighted by molar-refractivity contribution is 0.102. The van der Waals surface area contributed by atoms with Crippen molar-refractivity contribution in [3.63, 3.8) is 0 Å². The van der Waals surface area contributed by atoms with Crippen molar-refractivity contribution in [3.05, 3.63) is 48.2 Å². The number of amides is 1. The van der Waals surface area contributed by atoms with Crippen molar-refractivity contribution in [2.75, 3.05) is 12.4 Å². The lowest BCUT2D eigenvalue weighted by Crippen LogP contribution is -2.12. The summed E-state index contributed by atoms with van der Waals surface area (Å²) in [4.78, 5) is 15.8. The van der Waals surface area contributed by atoms with E-state index in [-0.39, 0.29) is 17.2 Å². The molecule has 1 aromatic heterocycles. The van der Waals surface area contributed by atoms with E-state index in [2.05, 4.69) is 10.3 Å². The minimum absolute atomic E-state index is 0.0588. The third kappa shape index (κ3) is 2.57. The summed E-state index contributed by atoms with van der Waals surface area (Å²) in [5.41, 5.74) is 0.748. The Balaban J connectivity index is 2.14. The predicted molar refractivity (Wildman–Crippen MR) is 66.8 cm³/mol. The van der Waals surface area contributed by atoms with Gasteiger partial charge in [-0.3, -0.25) is 4.79 Å². The first-order valence-electron chi connectivity index (χ1n) is 5.30. The van der Waals surface area contributed by atoms with Gasteiger partial charge in [0.25, 0.3) is 5.91 Å². The summed E-state index contributed by atoms with van der Waals surface area (Å²) >= 11 is 0. The van der Waals surface area contributed by atoms with Crippen LogP contribution in [0.1, 0.15) is 10.4 Å². The number of carbonyl (C=O) groups excluding carboxylic acids is 1. The van der Waals surface area contributed by atoms with Crippen molar-refractivity contribution in [3.8, 4) is 11.6 Å². The van der Waals surface area contributed by atoms with E-state index in [0.29, 0.717) is 11.6 Å². The molecule has 0 bridgehead atoms. The molecular weight excluding hydrogens is 232 g/mol. The topological polar surface area (TPSA) is 71.5 Å². The molecule has 0 saturated heterocycles. The van der Waals surface area contributed by atoms with Crippen LogP contribution in [-0.2, 0) is 0 Å². The average molecular weight is 244 g/mol. The van der Waals surface area contributed by atoms with Gasteiger partial charge in [0.1, 0.15) is 5.75 Å². The third-order valence-corrected chi connectivity index (χ3v) is 2.35. The first-order chi connectivity index (χ1) is 8.70. The summed E-state index contributed by atoms with van der Waals surface area (Å²) in [5.74, 6) is 0.0205. The van der Waals surface area contributed by atoms with Crippen molar-refractivity contribution in [2.24, 2.45) is 0 Å². The summed E-state index contributed by atoms with van der Waals surface area (Å²) < 4.78 is 4.91. The maximum absolute atomic E-state index is 11.9. The fraction of sp³-hybridized carbons (Fsp3) is 0.0769. The van der Waals surface area contributed by atoms with Crippen molar-refractivity contribution in [1.82, 2.24) is 4.98 Å². The largest absolute Gasteiger partial charge is 0.507 e. The Hall–Kier alpha value is -2.56. The summed E-state index contributed by atoms with van der Waals surface area (Å²) in [5, 5.41) is 12.2. The summed E-state index contributed by atoms with van der Waals surface area (Å²) in [6.07, 6.45) is 1.48. The molecule has 0 spiro atoms. The number of nitrogens with one attached hydrogen (secondary N) is 1. The van der Waals surface area contributed by atoms with E-state index in [0.717, 1.165) is 0 Å². The van der Waals surface area contributed by atoms with Gasteiger partial charge in [-0.05, 0) is 18.2 Å². The van der Waals surface area contributed by atoms with Gasteiger partial charge in [0.2, 0.25) is 5.88 Å². The number of phenolic OH excluding ortho intramolecular Hbond substituents is 1. The fourth-order valence-electron chi connectivity index (χ4n) is 1.44. The van der Waals surface area contributed by atoms with E-state index in [9.17, 15) is 9.90 Å². The molecule has 2 rings (SSSR count). The molecule has 0 atom stereocenters. The molecule has 0 unspecified atom stereocenters. The molecule has 5 nitrogen and oxygen atoms in total. The zero-order valence-corrected chi connectivity index (χ0v) is 9.75. The Kier molecular flexibility index (Phi) is 3.43. The van der Waals surface area contributed by atoms with Crippen LogP contribution in [0.2, 0.25) is 0 Å². The zero-order chi connectivity index (χ0) is 13.0. The molecule has 2 N–H and O–H groups in total. The molecule has 18 heavy (non-hydrogen) atoms. The van der Waals surface area contributed by atoms with Crippen molar-refractivity contribution in [2.45, 2.75) is 0 Å². The Morgan fingerprint density at radius 2 is 2.06 bits per heavy atom. The summed E-state index contributed by atoms with van der Waals surface area (Å²) in [7, 11) is 1.52. The molecule has 1 aromatic carbocycles. The number of ether oxygens (including phenoxy) is 1. The number of hydrogen-bond donors (Lipinski definition) is 2. The quantitative estimate of drug-likeness (QED) is 0.866. The van der Waals surface area contributed by atoms with Gasteiger partial charge in [0.15, 0.2) is 0 Å². The van der Waals surface area contributed by atoms with Crippen LogP contribution < -0.4 is 10.1 Å². The van der Waals surface area contributed by atoms with Gasteiger partial charge < -0.3 is 15.2 Å². The molecule has 1 heterocycles. The molecule has 0 saturated carbocycles. The predicted octanol–water partition coefficient (Wildman–Crippen LogP) is 2.05. The van der Waals surface area contributed by atoms with Crippen LogP contribution in [0, 0.1) is 0 Å². The zero-order valence-electron chi connectivity index (χ0n) is 9.75. The molecular formula is C13H12N2O3. The monoisotopic (exact) mass is 244 g/mol. The highest BCUT2D eigenvalue weighted by molar-refractivity contribution is 6.06. The van der Waals surface area contributed by atoms with Gasteiger partial charge in [-0.15, -0.1) is 0 Å². The number of aromatic nitrogens is 1. The third-order valence-electron chi connectivity index (χ3n) is 2.35. The van der Waals surface area contributed by atoms with Crippen molar-refractivity contribution in [1.29, 1.82) is 0 Å². The smallest absolute Gasteiger partial charge is 0.259 e. The lowest BCUT2D eigenvalue weighted by atomic mass is 10.2. The molecule has 0 aliphatic carbocycles. The summed E-state index contributed by atoms with van der Waals surface area (Å²) in [6, 6.07) is 9.65. The Morgan fingerprint density at radius 3 is 2.67 bits per heavy atom. The maximum Gasteiger partial charge on any atom is 0.259 e. The second-order valence-electron chi connectivity index (χ2n) is 3.56. The normalized spacial score (nSPS) is 9.83. The standard InChI is InChI=1S/C13H12N2O3/c1-18-12-7-6-9(8-14-12)15-13(17)10-4-2-3-5-11(10)16/h2-8,16H,1H3,(H,15,17). The molecule has 1 amide bonds. The summed E-state index contributed by atoms with van der Waals surface area (Å²) in [6.45, 7) is 0. The number of benzene rings is 1. The van der Waals surface area contributed by atoms with Gasteiger partial charge >= 0.3 is 0 Å². The molecule has 0 aliphatic heterocycles. The maximum atomic E-state index is 11.9. The minimum Gasteiger partial charge on any atom is -0.507 e. The number of anilines is 1. The molecule has 0 fully saturated rings. The lowest BCUT2D eigenvalue weighted by Gasteiger charge is -2.06. The SMILES string of the molecule is COc1ccc(NC(=O)c2ccccc2O)cn1. The molecule has 2 aromatic rings. The first-order valence-corrected chi connectivity index (χ1v) is 5.30. The Morgan fingerprint density at radius 1 is 1.28 bits per heavy atom. The van der Waals surface area contributed by atoms with Gasteiger partial charge in [-0.2, -0.15) is 0 Å². The van der Waals surface area contributed by atoms with E-state index in [1.807, 2.05) is 0 Å². The second-order valence-corrected chi connectivity index (χ2v) is 3.56. The highest BCUT2D eigenvalue weighted by atomic mass is 16.5. The number of pyridine rings is 1. The van der Waals surface area contributed by atoms with E-state index < -0.39 is 0 Å². The highest BCUT2D eigenvalue weighted by Gasteiger charge is 2.10. The molecule has 5 heteroatoms.